The largest absolute Gasteiger partial charge is 0.489 e. The van der Waals surface area contributed by atoms with Crippen molar-refractivity contribution >= 4 is 23.6 Å². The van der Waals surface area contributed by atoms with Crippen LogP contribution in [0.5, 0.6) is 5.75 Å². The molecule has 0 bridgehead atoms. The molecule has 6 heteroatoms. The molecule has 1 aliphatic rings. The second-order valence-electron chi connectivity index (χ2n) is 7.74. The predicted molar refractivity (Wildman–Crippen MR) is 126 cm³/mol. The summed E-state index contributed by atoms with van der Waals surface area (Å²) in [6, 6.07) is 28.3. The smallest absolute Gasteiger partial charge is 0.237 e. The first kappa shape index (κ1) is 21.1. The highest BCUT2D eigenvalue weighted by atomic mass is 32.2. The molecule has 0 radical (unpaired) electrons. The van der Waals surface area contributed by atoms with Crippen molar-refractivity contribution in [3.05, 3.63) is 103 Å². The summed E-state index contributed by atoms with van der Waals surface area (Å²) in [5, 5.41) is 2.33. The van der Waals surface area contributed by atoms with Gasteiger partial charge in [0.15, 0.2) is 0 Å². The van der Waals surface area contributed by atoms with Crippen molar-refractivity contribution in [2.24, 2.45) is 0 Å². The highest BCUT2D eigenvalue weighted by Crippen LogP contribution is 2.38. The molecule has 0 spiro atoms. The molecular formula is C27H21NO4S. The number of benzene rings is 3. The Kier molecular flexibility index (Phi) is 6.00. The van der Waals surface area contributed by atoms with Crippen LogP contribution in [0.25, 0.3) is 11.1 Å². The van der Waals surface area contributed by atoms with Gasteiger partial charge in [0.1, 0.15) is 24.0 Å². The molecule has 1 aliphatic heterocycles. The highest BCUT2D eigenvalue weighted by molar-refractivity contribution is 7.99. The lowest BCUT2D eigenvalue weighted by Crippen LogP contribution is -2.21. The molecule has 2 heterocycles. The van der Waals surface area contributed by atoms with Crippen molar-refractivity contribution in [3.63, 3.8) is 0 Å². The minimum absolute atomic E-state index is 0.124. The lowest BCUT2D eigenvalue weighted by atomic mass is 10.0. The summed E-state index contributed by atoms with van der Waals surface area (Å²) in [7, 11) is 0. The molecule has 33 heavy (non-hydrogen) atoms. The summed E-state index contributed by atoms with van der Waals surface area (Å²) in [5.41, 5.74) is 3.47. The first-order valence-electron chi connectivity index (χ1n) is 10.6. The van der Waals surface area contributed by atoms with E-state index < -0.39 is 5.92 Å². The molecule has 1 unspecified atom stereocenters. The van der Waals surface area contributed by atoms with Crippen molar-refractivity contribution in [1.29, 1.82) is 0 Å². The molecule has 164 valence electrons. The van der Waals surface area contributed by atoms with Crippen LogP contribution < -0.4 is 10.1 Å². The average Bonchev–Trinajstić information content (AvgIpc) is 3.44. The van der Waals surface area contributed by atoms with Crippen LogP contribution in [0, 0.1) is 0 Å². The van der Waals surface area contributed by atoms with Gasteiger partial charge in [-0.3, -0.25) is 14.9 Å². The number of amides is 2. The van der Waals surface area contributed by atoms with E-state index in [9.17, 15) is 9.59 Å². The van der Waals surface area contributed by atoms with Gasteiger partial charge in [0.2, 0.25) is 11.8 Å². The second kappa shape index (κ2) is 9.38. The van der Waals surface area contributed by atoms with Gasteiger partial charge in [-0.05, 0) is 47.0 Å². The van der Waals surface area contributed by atoms with E-state index in [0.29, 0.717) is 12.4 Å². The lowest BCUT2D eigenvalue weighted by Gasteiger charge is -2.09. The van der Waals surface area contributed by atoms with Gasteiger partial charge < -0.3 is 9.15 Å². The zero-order chi connectivity index (χ0) is 22.6. The Morgan fingerprint density at radius 3 is 2.30 bits per heavy atom. The van der Waals surface area contributed by atoms with Crippen LogP contribution in [0.4, 0.5) is 0 Å². The molecule has 1 saturated heterocycles. The van der Waals surface area contributed by atoms with E-state index in [-0.39, 0.29) is 18.2 Å². The van der Waals surface area contributed by atoms with Crippen molar-refractivity contribution in [1.82, 2.24) is 5.32 Å². The fraction of sp³-hybridized carbons (Fsp3) is 0.111. The van der Waals surface area contributed by atoms with Crippen LogP contribution in [0.2, 0.25) is 0 Å². The molecule has 5 nitrogen and oxygen atoms in total. The van der Waals surface area contributed by atoms with E-state index in [1.165, 1.54) is 22.9 Å². The van der Waals surface area contributed by atoms with Crippen molar-refractivity contribution in [3.8, 4) is 16.9 Å². The van der Waals surface area contributed by atoms with Crippen molar-refractivity contribution < 1.29 is 18.7 Å². The third-order valence-electron chi connectivity index (χ3n) is 5.46. The van der Waals surface area contributed by atoms with E-state index in [0.717, 1.165) is 21.1 Å². The Hall–Kier alpha value is -3.77. The van der Waals surface area contributed by atoms with Gasteiger partial charge in [0, 0.05) is 11.3 Å². The summed E-state index contributed by atoms with van der Waals surface area (Å²) >= 11 is 1.49. The molecule has 1 atom stereocenters. The molecule has 2 amide bonds. The third kappa shape index (κ3) is 4.86. The van der Waals surface area contributed by atoms with Crippen LogP contribution in [-0.2, 0) is 16.2 Å². The number of rotatable bonds is 7. The molecule has 1 aromatic heterocycles. The van der Waals surface area contributed by atoms with E-state index in [2.05, 4.69) is 41.7 Å². The van der Waals surface area contributed by atoms with Gasteiger partial charge in [-0.1, -0.05) is 66.4 Å². The fourth-order valence-corrected chi connectivity index (χ4v) is 4.68. The zero-order valence-electron chi connectivity index (χ0n) is 17.7. The molecule has 4 aromatic rings. The van der Waals surface area contributed by atoms with E-state index in [4.69, 9.17) is 9.15 Å². The zero-order valence-corrected chi connectivity index (χ0v) is 18.5. The van der Waals surface area contributed by atoms with Gasteiger partial charge in [-0.25, -0.2) is 0 Å². The maximum atomic E-state index is 12.0. The SMILES string of the molecule is O=C1CC(c2occc2Sc2ccc(OCc3ccc(-c4ccccc4)cc3)cc2)C(=O)N1. The minimum Gasteiger partial charge on any atom is -0.489 e. The van der Waals surface area contributed by atoms with Gasteiger partial charge in [-0.2, -0.15) is 0 Å². The molecule has 3 aromatic carbocycles. The third-order valence-corrected chi connectivity index (χ3v) is 6.53. The van der Waals surface area contributed by atoms with E-state index in [1.54, 1.807) is 6.26 Å². The maximum Gasteiger partial charge on any atom is 0.237 e. The molecule has 1 fully saturated rings. The number of nitrogens with one attached hydrogen (secondary N) is 1. The fourth-order valence-electron chi connectivity index (χ4n) is 3.73. The topological polar surface area (TPSA) is 68.5 Å². The summed E-state index contributed by atoms with van der Waals surface area (Å²) in [4.78, 5) is 25.3. The Bertz CT molecular complexity index is 1260. The van der Waals surface area contributed by atoms with Crippen LogP contribution >= 0.6 is 11.8 Å². The summed E-state index contributed by atoms with van der Waals surface area (Å²) in [6.07, 6.45) is 1.67. The summed E-state index contributed by atoms with van der Waals surface area (Å²) < 4.78 is 11.5. The monoisotopic (exact) mass is 455 g/mol. The quantitative estimate of drug-likeness (QED) is 0.356. The van der Waals surface area contributed by atoms with Crippen molar-refractivity contribution in [2.75, 3.05) is 0 Å². The predicted octanol–water partition coefficient (Wildman–Crippen LogP) is 5.81. The Labute approximate surface area is 195 Å². The number of furan rings is 1. The standard InChI is InChI=1S/C27H21NO4S/c29-25-16-23(27(30)28-25)26-24(14-15-31-26)33-22-12-10-21(11-13-22)32-17-18-6-8-20(9-7-18)19-4-2-1-3-5-19/h1-15,23H,16-17H2,(H,28,29,30). The minimum atomic E-state index is -0.564. The number of carbonyl (C=O) groups excluding carboxylic acids is 2. The number of carbonyl (C=O) groups is 2. The molecular weight excluding hydrogens is 434 g/mol. The average molecular weight is 456 g/mol. The van der Waals surface area contributed by atoms with Gasteiger partial charge >= 0.3 is 0 Å². The van der Waals surface area contributed by atoms with E-state index >= 15 is 0 Å². The number of imide groups is 1. The molecule has 1 N–H and O–H groups in total. The summed E-state index contributed by atoms with van der Waals surface area (Å²) in [6.45, 7) is 0.484. The lowest BCUT2D eigenvalue weighted by molar-refractivity contribution is -0.125. The molecule has 0 aliphatic carbocycles. The first-order chi connectivity index (χ1) is 16.2. The summed E-state index contributed by atoms with van der Waals surface area (Å²) in [5.74, 6) is 0.166. The normalized spacial score (nSPS) is 15.5. The van der Waals surface area contributed by atoms with Gasteiger partial charge in [0.05, 0.1) is 11.2 Å². The van der Waals surface area contributed by atoms with E-state index in [1.807, 2.05) is 48.5 Å². The molecule has 0 saturated carbocycles. The van der Waals surface area contributed by atoms with Crippen LogP contribution in [-0.4, -0.2) is 11.8 Å². The van der Waals surface area contributed by atoms with Crippen LogP contribution in [0.1, 0.15) is 23.7 Å². The Balaban J connectivity index is 1.19. The van der Waals surface area contributed by atoms with Crippen molar-refractivity contribution in [2.45, 2.75) is 28.7 Å². The second-order valence-corrected chi connectivity index (χ2v) is 8.86. The number of hydrogen-bond acceptors (Lipinski definition) is 5. The molecule has 5 rings (SSSR count). The number of hydrogen-bond donors (Lipinski definition) is 1. The van der Waals surface area contributed by atoms with Crippen LogP contribution in [0.15, 0.2) is 105 Å². The van der Waals surface area contributed by atoms with Gasteiger partial charge in [-0.15, -0.1) is 0 Å². The maximum absolute atomic E-state index is 12.0. The van der Waals surface area contributed by atoms with Crippen LogP contribution in [0.3, 0.4) is 0 Å². The Morgan fingerprint density at radius 1 is 0.879 bits per heavy atom. The highest BCUT2D eigenvalue weighted by Gasteiger charge is 2.35. The first-order valence-corrected chi connectivity index (χ1v) is 11.4. The number of ether oxygens (including phenoxy) is 1. The van der Waals surface area contributed by atoms with Gasteiger partial charge in [0.25, 0.3) is 0 Å². The Morgan fingerprint density at radius 2 is 1.61 bits per heavy atom.